The van der Waals surface area contributed by atoms with E-state index < -0.39 is 6.10 Å². The second-order valence-corrected chi connectivity index (χ2v) is 6.12. The number of aliphatic hydroxyl groups is 1. The standard InChI is InChI=1S/C14H24N4O/c1-10(2)17-7-3-5-11(17)9-13-15-16-14-12(19)6-4-8-18(13)14/h10-12,19H,3-9H2,1-2H3. The van der Waals surface area contributed by atoms with Gasteiger partial charge in [-0.15, -0.1) is 10.2 Å². The summed E-state index contributed by atoms with van der Waals surface area (Å²) in [7, 11) is 0. The maximum absolute atomic E-state index is 9.94. The van der Waals surface area contributed by atoms with Gasteiger partial charge in [-0.3, -0.25) is 4.90 Å². The van der Waals surface area contributed by atoms with Crippen LogP contribution in [0.25, 0.3) is 0 Å². The molecule has 0 radical (unpaired) electrons. The van der Waals surface area contributed by atoms with E-state index in [1.54, 1.807) is 0 Å². The van der Waals surface area contributed by atoms with Gasteiger partial charge in [0.1, 0.15) is 11.9 Å². The largest absolute Gasteiger partial charge is 0.385 e. The van der Waals surface area contributed by atoms with Gasteiger partial charge in [0, 0.05) is 25.0 Å². The molecule has 1 saturated heterocycles. The third-order valence-corrected chi connectivity index (χ3v) is 4.52. The first-order valence-electron chi connectivity index (χ1n) is 7.52. The van der Waals surface area contributed by atoms with Crippen LogP contribution in [0, 0.1) is 0 Å². The normalized spacial score (nSPS) is 28.0. The van der Waals surface area contributed by atoms with Gasteiger partial charge < -0.3 is 9.67 Å². The van der Waals surface area contributed by atoms with E-state index >= 15 is 0 Å². The maximum atomic E-state index is 9.94. The molecule has 1 fully saturated rings. The van der Waals surface area contributed by atoms with Crippen molar-refractivity contribution in [3.8, 4) is 0 Å². The predicted molar refractivity (Wildman–Crippen MR) is 72.8 cm³/mol. The van der Waals surface area contributed by atoms with Gasteiger partial charge in [-0.2, -0.15) is 0 Å². The van der Waals surface area contributed by atoms with Crippen molar-refractivity contribution in [2.75, 3.05) is 6.54 Å². The number of fused-ring (bicyclic) bond motifs is 1. The van der Waals surface area contributed by atoms with E-state index in [1.807, 2.05) is 0 Å². The third-order valence-electron chi connectivity index (χ3n) is 4.52. The fourth-order valence-corrected chi connectivity index (χ4v) is 3.53. The average molecular weight is 264 g/mol. The molecule has 2 unspecified atom stereocenters. The van der Waals surface area contributed by atoms with Crippen LogP contribution in [0.2, 0.25) is 0 Å². The van der Waals surface area contributed by atoms with Crippen LogP contribution in [0.4, 0.5) is 0 Å². The molecule has 0 aromatic carbocycles. The zero-order chi connectivity index (χ0) is 13.4. The summed E-state index contributed by atoms with van der Waals surface area (Å²) in [5.41, 5.74) is 0. The second-order valence-electron chi connectivity index (χ2n) is 6.12. The summed E-state index contributed by atoms with van der Waals surface area (Å²) >= 11 is 0. The maximum Gasteiger partial charge on any atom is 0.161 e. The molecule has 2 aliphatic rings. The van der Waals surface area contributed by atoms with Crippen molar-refractivity contribution in [2.24, 2.45) is 0 Å². The SMILES string of the molecule is CC(C)N1CCCC1Cc1nnc2n1CCCC2O. The molecule has 1 N–H and O–H groups in total. The number of aliphatic hydroxyl groups excluding tert-OH is 1. The van der Waals surface area contributed by atoms with Crippen LogP contribution < -0.4 is 0 Å². The van der Waals surface area contributed by atoms with E-state index in [9.17, 15) is 5.11 Å². The van der Waals surface area contributed by atoms with Crippen molar-refractivity contribution in [1.29, 1.82) is 0 Å². The van der Waals surface area contributed by atoms with Gasteiger partial charge in [0.05, 0.1) is 0 Å². The van der Waals surface area contributed by atoms with Crippen LogP contribution in [-0.4, -0.2) is 43.4 Å². The molecule has 3 rings (SSSR count). The molecular formula is C14H24N4O. The fraction of sp³-hybridized carbons (Fsp3) is 0.857. The lowest BCUT2D eigenvalue weighted by Gasteiger charge is -2.28. The summed E-state index contributed by atoms with van der Waals surface area (Å²) in [6.45, 7) is 6.69. The number of aromatic nitrogens is 3. The second kappa shape index (κ2) is 5.21. The highest BCUT2D eigenvalue weighted by Crippen LogP contribution is 2.27. The molecule has 19 heavy (non-hydrogen) atoms. The van der Waals surface area contributed by atoms with Gasteiger partial charge >= 0.3 is 0 Å². The third kappa shape index (κ3) is 2.41. The molecule has 5 nitrogen and oxygen atoms in total. The van der Waals surface area contributed by atoms with E-state index in [-0.39, 0.29) is 0 Å². The highest BCUT2D eigenvalue weighted by atomic mass is 16.3. The molecule has 0 amide bonds. The van der Waals surface area contributed by atoms with Gasteiger partial charge in [0.2, 0.25) is 0 Å². The first-order chi connectivity index (χ1) is 9.16. The zero-order valence-electron chi connectivity index (χ0n) is 11.9. The Balaban J connectivity index is 1.77. The Hall–Kier alpha value is -0.940. The Morgan fingerprint density at radius 1 is 1.21 bits per heavy atom. The van der Waals surface area contributed by atoms with Gasteiger partial charge in [-0.25, -0.2) is 0 Å². The topological polar surface area (TPSA) is 54.2 Å². The van der Waals surface area contributed by atoms with Crippen LogP contribution in [0.15, 0.2) is 0 Å². The smallest absolute Gasteiger partial charge is 0.161 e. The summed E-state index contributed by atoms with van der Waals surface area (Å²) in [4.78, 5) is 2.57. The summed E-state index contributed by atoms with van der Waals surface area (Å²) in [6.07, 6.45) is 4.94. The van der Waals surface area contributed by atoms with E-state index in [4.69, 9.17) is 0 Å². The Bertz CT molecular complexity index is 443. The first-order valence-corrected chi connectivity index (χ1v) is 7.52. The molecule has 1 aromatic heterocycles. The fourth-order valence-electron chi connectivity index (χ4n) is 3.53. The minimum atomic E-state index is -0.417. The Labute approximate surface area is 114 Å². The quantitative estimate of drug-likeness (QED) is 0.899. The summed E-state index contributed by atoms with van der Waals surface area (Å²) < 4.78 is 2.14. The molecule has 0 spiro atoms. The van der Waals surface area contributed by atoms with E-state index in [0.717, 1.165) is 37.5 Å². The van der Waals surface area contributed by atoms with Crippen LogP contribution in [0.1, 0.15) is 57.3 Å². The van der Waals surface area contributed by atoms with Crippen LogP contribution in [0.5, 0.6) is 0 Å². The molecule has 2 atom stereocenters. The molecule has 106 valence electrons. The van der Waals surface area contributed by atoms with E-state index in [1.165, 1.54) is 19.4 Å². The van der Waals surface area contributed by atoms with Gasteiger partial charge in [0.25, 0.3) is 0 Å². The minimum Gasteiger partial charge on any atom is -0.385 e. The molecule has 3 heterocycles. The lowest BCUT2D eigenvalue weighted by molar-refractivity contribution is 0.132. The summed E-state index contributed by atoms with van der Waals surface area (Å²) in [6, 6.07) is 1.19. The summed E-state index contributed by atoms with van der Waals surface area (Å²) in [5, 5.41) is 18.5. The van der Waals surface area contributed by atoms with Crippen molar-refractivity contribution in [3.05, 3.63) is 11.6 Å². The number of rotatable bonds is 3. The summed E-state index contributed by atoms with van der Waals surface area (Å²) in [5.74, 6) is 1.83. The Morgan fingerprint density at radius 3 is 2.79 bits per heavy atom. The predicted octanol–water partition coefficient (Wildman–Crippen LogP) is 1.52. The van der Waals surface area contributed by atoms with Crippen molar-refractivity contribution in [1.82, 2.24) is 19.7 Å². The Kier molecular flexibility index (Phi) is 3.58. The molecule has 0 bridgehead atoms. The number of hydrogen-bond donors (Lipinski definition) is 1. The molecule has 2 aliphatic heterocycles. The van der Waals surface area contributed by atoms with Crippen molar-refractivity contribution < 1.29 is 5.11 Å². The number of hydrogen-bond acceptors (Lipinski definition) is 4. The highest BCUT2D eigenvalue weighted by Gasteiger charge is 2.30. The highest BCUT2D eigenvalue weighted by molar-refractivity contribution is 5.04. The van der Waals surface area contributed by atoms with Gasteiger partial charge in [0.15, 0.2) is 5.82 Å². The molecular weight excluding hydrogens is 240 g/mol. The number of nitrogens with zero attached hydrogens (tertiary/aromatic N) is 4. The number of likely N-dealkylation sites (tertiary alicyclic amines) is 1. The van der Waals surface area contributed by atoms with Crippen LogP contribution in [0.3, 0.4) is 0 Å². The molecule has 1 aromatic rings. The van der Waals surface area contributed by atoms with Gasteiger partial charge in [-0.1, -0.05) is 0 Å². The Morgan fingerprint density at radius 2 is 2.00 bits per heavy atom. The molecule has 5 heteroatoms. The van der Waals surface area contributed by atoms with Crippen molar-refractivity contribution in [2.45, 2.75) is 70.7 Å². The molecule has 0 aliphatic carbocycles. The van der Waals surface area contributed by atoms with Crippen LogP contribution >= 0.6 is 0 Å². The lowest BCUT2D eigenvalue weighted by Crippen LogP contribution is -2.37. The first kappa shape index (κ1) is 13.1. The van der Waals surface area contributed by atoms with Gasteiger partial charge in [-0.05, 0) is 46.1 Å². The van der Waals surface area contributed by atoms with Crippen molar-refractivity contribution in [3.63, 3.8) is 0 Å². The van der Waals surface area contributed by atoms with Crippen LogP contribution in [-0.2, 0) is 13.0 Å². The van der Waals surface area contributed by atoms with Crippen molar-refractivity contribution >= 4 is 0 Å². The lowest BCUT2D eigenvalue weighted by atomic mass is 10.1. The van der Waals surface area contributed by atoms with E-state index in [2.05, 4.69) is 33.5 Å². The zero-order valence-corrected chi connectivity index (χ0v) is 11.9. The monoisotopic (exact) mass is 264 g/mol. The molecule has 0 saturated carbocycles. The van der Waals surface area contributed by atoms with E-state index in [0.29, 0.717) is 12.1 Å². The minimum absolute atomic E-state index is 0.417. The average Bonchev–Trinajstić information content (AvgIpc) is 2.98.